The number of benzene rings is 2. The van der Waals surface area contributed by atoms with Gasteiger partial charge in [0.25, 0.3) is 0 Å². The zero-order valence-electron chi connectivity index (χ0n) is 24.1. The Bertz CT molecular complexity index is 1560. The van der Waals surface area contributed by atoms with E-state index in [-0.39, 0.29) is 39.8 Å². The molecule has 1 fully saturated rings. The number of nitrogens with zero attached hydrogens (tertiary/aromatic N) is 1. The van der Waals surface area contributed by atoms with Crippen molar-refractivity contribution in [1.82, 2.24) is 4.31 Å². The summed E-state index contributed by atoms with van der Waals surface area (Å²) in [4.78, 5) is 25.4. The van der Waals surface area contributed by atoms with Crippen molar-refractivity contribution in [3.63, 3.8) is 0 Å². The minimum Gasteiger partial charge on any atom is -0.482 e. The number of halogens is 1. The topological polar surface area (TPSA) is 128 Å². The first-order valence-corrected chi connectivity index (χ1v) is 16.4. The second-order valence-corrected chi connectivity index (χ2v) is 14.7. The fourth-order valence-corrected chi connectivity index (χ4v) is 7.58. The van der Waals surface area contributed by atoms with E-state index in [1.165, 1.54) is 11.2 Å². The maximum absolute atomic E-state index is 13.0. The van der Waals surface area contributed by atoms with E-state index in [0.29, 0.717) is 42.1 Å². The predicted molar refractivity (Wildman–Crippen MR) is 168 cm³/mol. The Labute approximate surface area is 256 Å². The van der Waals surface area contributed by atoms with Gasteiger partial charge in [-0.3, -0.25) is 4.79 Å². The van der Waals surface area contributed by atoms with Crippen molar-refractivity contribution >= 4 is 56.1 Å². The van der Waals surface area contributed by atoms with E-state index < -0.39 is 21.6 Å². The number of nitrogens with two attached hydrogens (primary N) is 1. The second-order valence-electron chi connectivity index (χ2n) is 11.3. The van der Waals surface area contributed by atoms with Crippen LogP contribution < -0.4 is 15.8 Å². The molecule has 0 amide bonds. The third kappa shape index (κ3) is 8.25. The van der Waals surface area contributed by atoms with Crippen LogP contribution in [-0.4, -0.2) is 55.8 Å². The lowest BCUT2D eigenvalue weighted by molar-refractivity contribution is -0.118. The van der Waals surface area contributed by atoms with Crippen LogP contribution in [0.5, 0.6) is 5.75 Å². The van der Waals surface area contributed by atoms with Gasteiger partial charge in [-0.2, -0.15) is 0 Å². The van der Waals surface area contributed by atoms with Gasteiger partial charge in [0.05, 0.1) is 10.6 Å². The van der Waals surface area contributed by atoms with Crippen LogP contribution in [0, 0.1) is 0 Å². The maximum atomic E-state index is 13.0. The van der Waals surface area contributed by atoms with E-state index in [0.717, 1.165) is 22.6 Å². The minimum absolute atomic E-state index is 0.0738. The van der Waals surface area contributed by atoms with Crippen LogP contribution in [0.3, 0.4) is 0 Å². The summed E-state index contributed by atoms with van der Waals surface area (Å²) >= 11 is 7.86. The van der Waals surface area contributed by atoms with Crippen LogP contribution in [0.2, 0.25) is 5.02 Å². The normalized spacial score (nSPS) is 14.9. The molecule has 0 saturated carbocycles. The van der Waals surface area contributed by atoms with Gasteiger partial charge in [-0.15, -0.1) is 11.3 Å². The third-order valence-electron chi connectivity index (χ3n) is 6.46. The van der Waals surface area contributed by atoms with Crippen LogP contribution in [0.4, 0.5) is 11.4 Å². The Morgan fingerprint density at radius 2 is 1.81 bits per heavy atom. The van der Waals surface area contributed by atoms with E-state index >= 15 is 0 Å². The number of carbonyl (C=O) groups excluding carboxylic acids is 2. The average Bonchev–Trinajstić information content (AvgIpc) is 3.23. The first kappa shape index (κ1) is 31.8. The van der Waals surface area contributed by atoms with Crippen molar-refractivity contribution in [2.24, 2.45) is 0 Å². The lowest BCUT2D eigenvalue weighted by Crippen LogP contribution is -2.42. The summed E-state index contributed by atoms with van der Waals surface area (Å²) < 4.78 is 38.7. The number of esters is 1. The smallest absolute Gasteiger partial charge is 0.352 e. The number of Topliss-reactive ketones (excluding diaryl/α,β-unsaturated/α-hetero) is 1. The lowest BCUT2D eigenvalue weighted by atomic mass is 10.1. The number of carbonyl (C=O) groups is 2. The molecular weight excluding hydrogens is 598 g/mol. The maximum Gasteiger partial charge on any atom is 0.352 e. The van der Waals surface area contributed by atoms with E-state index in [1.54, 1.807) is 45.0 Å². The summed E-state index contributed by atoms with van der Waals surface area (Å²) in [5.41, 5.74) is 7.90. The Kier molecular flexibility index (Phi) is 9.87. The molecule has 0 bridgehead atoms. The van der Waals surface area contributed by atoms with Crippen molar-refractivity contribution in [2.45, 2.75) is 57.9 Å². The van der Waals surface area contributed by atoms with Crippen molar-refractivity contribution in [1.29, 1.82) is 0 Å². The number of thiophene rings is 1. The van der Waals surface area contributed by atoms with Gasteiger partial charge in [0.1, 0.15) is 17.2 Å². The largest absolute Gasteiger partial charge is 0.482 e. The number of sulfonamides is 1. The van der Waals surface area contributed by atoms with Gasteiger partial charge in [-0.1, -0.05) is 35.9 Å². The Hall–Kier alpha value is -3.12. The molecule has 1 aliphatic heterocycles. The van der Waals surface area contributed by atoms with E-state index in [4.69, 9.17) is 26.8 Å². The summed E-state index contributed by atoms with van der Waals surface area (Å²) in [6, 6.07) is 14.6. The highest BCUT2D eigenvalue weighted by molar-refractivity contribution is 7.88. The lowest BCUT2D eigenvalue weighted by Gasteiger charge is -2.32. The summed E-state index contributed by atoms with van der Waals surface area (Å²) in [6.45, 7) is 7.30. The van der Waals surface area contributed by atoms with Gasteiger partial charge in [-0.25, -0.2) is 17.5 Å². The summed E-state index contributed by atoms with van der Waals surface area (Å²) in [5, 5.41) is 3.75. The molecule has 0 atom stereocenters. The van der Waals surface area contributed by atoms with E-state index in [9.17, 15) is 18.0 Å². The highest BCUT2D eigenvalue weighted by atomic mass is 35.5. The van der Waals surface area contributed by atoms with Crippen LogP contribution in [0.1, 0.15) is 55.8 Å². The van der Waals surface area contributed by atoms with Crippen LogP contribution in [-0.2, 0) is 25.3 Å². The number of nitrogens with one attached hydrogen (secondary N) is 1. The summed E-state index contributed by atoms with van der Waals surface area (Å²) in [5.74, 6) is -0.732. The quantitative estimate of drug-likeness (QED) is 0.206. The number of hydrogen-bond donors (Lipinski definition) is 2. The molecule has 0 spiro atoms. The SMILES string of the molecule is CC(=O)COc1c(C(=O)OC(C)(C)C)sc(-c2cccc(NC3CCN(S(=O)(=O)Cc4cccc(N)c4)CC3)c2)c1Cl. The molecule has 42 heavy (non-hydrogen) atoms. The highest BCUT2D eigenvalue weighted by Gasteiger charge is 2.30. The highest BCUT2D eigenvalue weighted by Crippen LogP contribution is 2.46. The molecule has 12 heteroatoms. The minimum atomic E-state index is -3.46. The Morgan fingerprint density at radius 3 is 2.45 bits per heavy atom. The van der Waals surface area contributed by atoms with Crippen LogP contribution >= 0.6 is 22.9 Å². The van der Waals surface area contributed by atoms with Gasteiger partial charge in [0.15, 0.2) is 16.4 Å². The first-order chi connectivity index (χ1) is 19.7. The fourth-order valence-electron chi connectivity index (χ4n) is 4.59. The summed E-state index contributed by atoms with van der Waals surface area (Å²) in [7, 11) is -3.46. The molecule has 1 aliphatic rings. The van der Waals surface area contributed by atoms with Crippen molar-refractivity contribution in [3.05, 3.63) is 64.0 Å². The van der Waals surface area contributed by atoms with Crippen molar-refractivity contribution < 1.29 is 27.5 Å². The first-order valence-electron chi connectivity index (χ1n) is 13.6. The number of rotatable bonds is 10. The van der Waals surface area contributed by atoms with Crippen LogP contribution in [0.25, 0.3) is 10.4 Å². The van der Waals surface area contributed by atoms with Gasteiger partial charge in [-0.05, 0) is 75.9 Å². The standard InChI is InChI=1S/C30H36ClN3O6S2/c1-19(35)17-39-26-25(31)27(41-28(26)29(36)40-30(2,3)4)21-8-6-10-24(16-21)33-23-11-13-34(14-12-23)42(37,38)18-20-7-5-9-22(32)15-20/h5-10,15-16,23,33H,11-14,17-18,32H2,1-4H3. The van der Waals surface area contributed by atoms with E-state index in [2.05, 4.69) is 5.32 Å². The molecule has 1 saturated heterocycles. The van der Waals surface area contributed by atoms with Crippen molar-refractivity contribution in [3.8, 4) is 16.2 Å². The molecule has 1 aromatic heterocycles. The molecule has 3 N–H and O–H groups in total. The zero-order valence-corrected chi connectivity index (χ0v) is 26.5. The average molecular weight is 634 g/mol. The van der Waals surface area contributed by atoms with Gasteiger partial charge >= 0.3 is 5.97 Å². The molecule has 2 heterocycles. The number of nitrogen functional groups attached to an aromatic ring is 1. The fraction of sp³-hybridized carbons (Fsp3) is 0.400. The monoisotopic (exact) mass is 633 g/mol. The van der Waals surface area contributed by atoms with Crippen molar-refractivity contribution in [2.75, 3.05) is 30.7 Å². The Balaban J connectivity index is 1.47. The molecule has 3 aromatic rings. The number of hydrogen-bond acceptors (Lipinski definition) is 9. The molecule has 0 radical (unpaired) electrons. The predicted octanol–water partition coefficient (Wildman–Crippen LogP) is 5.98. The zero-order chi connectivity index (χ0) is 30.7. The number of piperidine rings is 1. The molecule has 0 unspecified atom stereocenters. The van der Waals surface area contributed by atoms with Crippen LogP contribution in [0.15, 0.2) is 48.5 Å². The molecule has 9 nitrogen and oxygen atoms in total. The van der Waals surface area contributed by atoms with Gasteiger partial charge in [0, 0.05) is 30.5 Å². The number of anilines is 2. The molecule has 0 aliphatic carbocycles. The number of ether oxygens (including phenoxy) is 2. The van der Waals surface area contributed by atoms with E-state index in [1.807, 2.05) is 24.3 Å². The second kappa shape index (κ2) is 13.0. The molecule has 2 aromatic carbocycles. The number of ketones is 1. The third-order valence-corrected chi connectivity index (χ3v) is 9.98. The Morgan fingerprint density at radius 1 is 1.12 bits per heavy atom. The molecule has 226 valence electrons. The molecule has 4 rings (SSSR count). The summed E-state index contributed by atoms with van der Waals surface area (Å²) in [6.07, 6.45) is 1.29. The van der Waals surface area contributed by atoms with Gasteiger partial charge < -0.3 is 20.5 Å². The molecular formula is C30H36ClN3O6S2. The van der Waals surface area contributed by atoms with Gasteiger partial charge in [0.2, 0.25) is 10.0 Å².